The molecule has 0 saturated carbocycles. The third-order valence-electron chi connectivity index (χ3n) is 5.17. The quantitative estimate of drug-likeness (QED) is 0.256. The van der Waals surface area contributed by atoms with Gasteiger partial charge >= 0.3 is 5.97 Å². The number of aromatic nitrogens is 1. The lowest BCUT2D eigenvalue weighted by molar-refractivity contribution is 0.0280. The molecule has 0 aliphatic rings. The zero-order valence-electron chi connectivity index (χ0n) is 18.1. The number of aromatic amines is 1. The normalized spacial score (nSPS) is 11.7. The topological polar surface area (TPSA) is 77.6 Å². The summed E-state index contributed by atoms with van der Waals surface area (Å²) in [6.07, 6.45) is 0.488. The van der Waals surface area contributed by atoms with E-state index in [-0.39, 0.29) is 16.4 Å². The second-order valence-corrected chi connectivity index (χ2v) is 7.64. The molecule has 1 aromatic heterocycles. The summed E-state index contributed by atoms with van der Waals surface area (Å²) >= 11 is 6.31. The van der Waals surface area contributed by atoms with Crippen molar-refractivity contribution in [1.29, 1.82) is 0 Å². The molecule has 1 unspecified atom stereocenters. The molecule has 4 rings (SSSR count). The molecular weight excluding hydrogens is 442 g/mol. The minimum atomic E-state index is -1.14. The number of Topliss-reactive ketones (excluding diaryl/α,β-unsaturated/α-hetero) is 1. The predicted octanol–water partition coefficient (Wildman–Crippen LogP) is 6.01. The van der Waals surface area contributed by atoms with E-state index in [9.17, 15) is 9.59 Å². The Morgan fingerprint density at radius 3 is 2.48 bits per heavy atom. The summed E-state index contributed by atoms with van der Waals surface area (Å²) in [5.41, 5.74) is 1.97. The van der Waals surface area contributed by atoms with Gasteiger partial charge in [0.15, 0.2) is 17.6 Å². The van der Waals surface area contributed by atoms with Crippen LogP contribution in [0.25, 0.3) is 10.9 Å². The van der Waals surface area contributed by atoms with Crippen LogP contribution in [0.2, 0.25) is 5.02 Å². The van der Waals surface area contributed by atoms with E-state index in [1.165, 1.54) is 19.2 Å². The van der Waals surface area contributed by atoms with Crippen LogP contribution in [0.4, 0.5) is 0 Å². The van der Waals surface area contributed by atoms with Crippen LogP contribution in [0, 0.1) is 0 Å². The number of H-pyrrole nitrogens is 1. The highest BCUT2D eigenvalue weighted by atomic mass is 35.5. The summed E-state index contributed by atoms with van der Waals surface area (Å²) in [5.74, 6) is -0.403. The third kappa shape index (κ3) is 4.56. The molecule has 0 spiro atoms. The van der Waals surface area contributed by atoms with Crippen LogP contribution in [0.1, 0.15) is 39.3 Å². The molecular formula is C26H22ClNO5. The summed E-state index contributed by atoms with van der Waals surface area (Å²) in [6.45, 7) is 2.20. The van der Waals surface area contributed by atoms with Gasteiger partial charge in [0.1, 0.15) is 0 Å². The molecule has 168 valence electrons. The van der Waals surface area contributed by atoms with Crippen molar-refractivity contribution in [3.8, 4) is 11.5 Å². The van der Waals surface area contributed by atoms with Crippen LogP contribution in [0.3, 0.4) is 0 Å². The lowest BCUT2D eigenvalue weighted by Gasteiger charge is -2.18. The average molecular weight is 464 g/mol. The van der Waals surface area contributed by atoms with E-state index >= 15 is 0 Å². The van der Waals surface area contributed by atoms with Gasteiger partial charge in [-0.25, -0.2) is 4.79 Å². The van der Waals surface area contributed by atoms with Crippen molar-refractivity contribution >= 4 is 34.3 Å². The number of esters is 1. The van der Waals surface area contributed by atoms with E-state index in [1.54, 1.807) is 30.5 Å². The molecule has 0 fully saturated rings. The Morgan fingerprint density at radius 2 is 1.76 bits per heavy atom. The molecule has 4 aromatic rings. The molecule has 0 amide bonds. The first-order valence-electron chi connectivity index (χ1n) is 10.4. The number of hydrogen-bond donors (Lipinski definition) is 1. The zero-order chi connectivity index (χ0) is 23.4. The second-order valence-electron chi connectivity index (χ2n) is 7.23. The zero-order valence-corrected chi connectivity index (χ0v) is 18.9. The number of fused-ring (bicyclic) bond motifs is 1. The van der Waals surface area contributed by atoms with Gasteiger partial charge in [-0.2, -0.15) is 0 Å². The smallest absolute Gasteiger partial charge is 0.339 e. The van der Waals surface area contributed by atoms with Crippen molar-refractivity contribution < 1.29 is 23.8 Å². The highest BCUT2D eigenvalue weighted by molar-refractivity contribution is 6.32. The Kier molecular flexibility index (Phi) is 6.66. The highest BCUT2D eigenvalue weighted by Gasteiger charge is 2.29. The number of methoxy groups -OCH3 is 1. The van der Waals surface area contributed by atoms with E-state index in [0.717, 1.165) is 10.9 Å². The summed E-state index contributed by atoms with van der Waals surface area (Å²) in [4.78, 5) is 29.8. The number of hydrogen-bond acceptors (Lipinski definition) is 5. The van der Waals surface area contributed by atoms with E-state index in [0.29, 0.717) is 29.2 Å². The third-order valence-corrected chi connectivity index (χ3v) is 5.45. The minimum Gasteiger partial charge on any atom is -0.493 e. The molecule has 0 radical (unpaired) electrons. The predicted molar refractivity (Wildman–Crippen MR) is 126 cm³/mol. The number of carbonyl (C=O) groups excluding carboxylic acids is 2. The molecule has 3 aromatic carbocycles. The summed E-state index contributed by atoms with van der Waals surface area (Å²) in [7, 11) is 1.45. The number of para-hydroxylation sites is 1. The Morgan fingerprint density at radius 1 is 1.03 bits per heavy atom. The van der Waals surface area contributed by atoms with Crippen molar-refractivity contribution in [2.24, 2.45) is 0 Å². The molecule has 0 aliphatic heterocycles. The minimum absolute atomic E-state index is 0.146. The maximum atomic E-state index is 13.5. The fourth-order valence-electron chi connectivity index (χ4n) is 3.61. The number of rotatable bonds is 8. The Bertz CT molecular complexity index is 1300. The number of ketones is 1. The average Bonchev–Trinajstić information content (AvgIpc) is 3.28. The van der Waals surface area contributed by atoms with Gasteiger partial charge in [0, 0.05) is 28.2 Å². The van der Waals surface area contributed by atoms with E-state index in [1.807, 2.05) is 37.3 Å². The first kappa shape index (κ1) is 22.4. The van der Waals surface area contributed by atoms with Crippen molar-refractivity contribution in [1.82, 2.24) is 4.98 Å². The highest BCUT2D eigenvalue weighted by Crippen LogP contribution is 2.37. The summed E-state index contributed by atoms with van der Waals surface area (Å²) in [5, 5.41) is 0.965. The SMILES string of the molecule is CCOc1c(Cl)cc(C(=O)OC(C(=O)c2c[nH]c3ccccc23)c2ccccc2)cc1OC. The van der Waals surface area contributed by atoms with Crippen molar-refractivity contribution in [3.63, 3.8) is 0 Å². The van der Waals surface area contributed by atoms with Gasteiger partial charge in [0.05, 0.1) is 24.3 Å². The summed E-state index contributed by atoms with van der Waals surface area (Å²) in [6, 6.07) is 19.3. The fourth-order valence-corrected chi connectivity index (χ4v) is 3.88. The van der Waals surface area contributed by atoms with Crippen LogP contribution >= 0.6 is 11.6 Å². The molecule has 6 nitrogen and oxygen atoms in total. The van der Waals surface area contributed by atoms with Crippen LogP contribution in [-0.2, 0) is 4.74 Å². The van der Waals surface area contributed by atoms with Gasteiger partial charge in [-0.15, -0.1) is 0 Å². The Labute approximate surface area is 196 Å². The lowest BCUT2D eigenvalue weighted by atomic mass is 9.99. The first-order valence-corrected chi connectivity index (χ1v) is 10.8. The van der Waals surface area contributed by atoms with Crippen LogP contribution < -0.4 is 9.47 Å². The van der Waals surface area contributed by atoms with E-state index in [2.05, 4.69) is 4.98 Å². The molecule has 0 bridgehead atoms. The van der Waals surface area contributed by atoms with Gasteiger partial charge in [-0.05, 0) is 25.1 Å². The fraction of sp³-hybridized carbons (Fsp3) is 0.154. The van der Waals surface area contributed by atoms with Crippen LogP contribution in [-0.4, -0.2) is 30.5 Å². The molecule has 1 atom stereocenters. The van der Waals surface area contributed by atoms with Gasteiger partial charge < -0.3 is 19.2 Å². The van der Waals surface area contributed by atoms with Gasteiger partial charge in [0.2, 0.25) is 5.78 Å². The molecule has 33 heavy (non-hydrogen) atoms. The largest absolute Gasteiger partial charge is 0.493 e. The Hall–Kier alpha value is -3.77. The first-order chi connectivity index (χ1) is 16.0. The molecule has 1 heterocycles. The lowest BCUT2D eigenvalue weighted by Crippen LogP contribution is -2.20. The van der Waals surface area contributed by atoms with E-state index in [4.69, 9.17) is 25.8 Å². The van der Waals surface area contributed by atoms with Gasteiger partial charge in [-0.1, -0.05) is 60.1 Å². The molecule has 1 N–H and O–H groups in total. The maximum absolute atomic E-state index is 13.5. The number of nitrogens with one attached hydrogen (secondary N) is 1. The standard InChI is InChI=1S/C26H22ClNO5/c1-3-32-25-20(27)13-17(14-22(25)31-2)26(30)33-24(16-9-5-4-6-10-16)23(29)19-15-28-21-12-8-7-11-18(19)21/h4-15,24,28H,3H2,1-2H3. The Balaban J connectivity index is 1.70. The molecule has 0 saturated heterocycles. The number of benzene rings is 3. The molecule has 7 heteroatoms. The van der Waals surface area contributed by atoms with Crippen LogP contribution in [0.15, 0.2) is 72.9 Å². The molecule has 0 aliphatic carbocycles. The number of halogens is 1. The van der Waals surface area contributed by atoms with Crippen molar-refractivity contribution in [2.45, 2.75) is 13.0 Å². The van der Waals surface area contributed by atoms with Gasteiger partial charge in [0.25, 0.3) is 0 Å². The summed E-state index contributed by atoms with van der Waals surface area (Å²) < 4.78 is 16.6. The van der Waals surface area contributed by atoms with Crippen molar-refractivity contribution in [3.05, 3.63) is 94.6 Å². The maximum Gasteiger partial charge on any atom is 0.339 e. The van der Waals surface area contributed by atoms with E-state index < -0.39 is 12.1 Å². The van der Waals surface area contributed by atoms with Gasteiger partial charge in [-0.3, -0.25) is 4.79 Å². The monoisotopic (exact) mass is 463 g/mol. The van der Waals surface area contributed by atoms with Crippen LogP contribution in [0.5, 0.6) is 11.5 Å². The number of carbonyl (C=O) groups is 2. The number of ether oxygens (including phenoxy) is 3. The second kappa shape index (κ2) is 9.79. The van der Waals surface area contributed by atoms with Crippen molar-refractivity contribution in [2.75, 3.05) is 13.7 Å².